The number of hydrogen-bond acceptors (Lipinski definition) is 4. The highest BCUT2D eigenvalue weighted by Crippen LogP contribution is 2.26. The summed E-state index contributed by atoms with van der Waals surface area (Å²) in [7, 11) is 0. The van der Waals surface area contributed by atoms with E-state index in [1.807, 2.05) is 36.9 Å². The van der Waals surface area contributed by atoms with Crippen LogP contribution in [-0.4, -0.2) is 63.0 Å². The van der Waals surface area contributed by atoms with E-state index in [4.69, 9.17) is 0 Å². The standard InChI is InChI=1S/C22H31N5O/c28-21(18-25-12-3-1-2-4-13-25)26-14-5-6-20(17-26)22-24-11-15-27(22)16-19-7-9-23-10-8-19/h7-11,15,20H,1-6,12-14,16-18H2. The molecule has 0 N–H and O–H groups in total. The Labute approximate surface area is 167 Å². The normalized spacial score (nSPS) is 21.4. The fourth-order valence-electron chi connectivity index (χ4n) is 4.50. The first-order chi connectivity index (χ1) is 13.8. The van der Waals surface area contributed by atoms with Gasteiger partial charge in [-0.15, -0.1) is 0 Å². The van der Waals surface area contributed by atoms with Crippen LogP contribution in [0.15, 0.2) is 36.9 Å². The molecule has 2 aromatic rings. The van der Waals surface area contributed by atoms with Gasteiger partial charge < -0.3 is 9.47 Å². The van der Waals surface area contributed by atoms with Gasteiger partial charge in [0.05, 0.1) is 6.54 Å². The molecule has 150 valence electrons. The smallest absolute Gasteiger partial charge is 0.236 e. The van der Waals surface area contributed by atoms with E-state index in [1.165, 1.54) is 31.2 Å². The highest BCUT2D eigenvalue weighted by Gasteiger charge is 2.28. The third-order valence-electron chi connectivity index (χ3n) is 6.05. The average Bonchev–Trinajstić information content (AvgIpc) is 3.03. The molecule has 6 heteroatoms. The molecule has 0 radical (unpaired) electrons. The molecule has 1 amide bonds. The van der Waals surface area contributed by atoms with Crippen LogP contribution in [0.1, 0.15) is 55.8 Å². The number of carbonyl (C=O) groups is 1. The van der Waals surface area contributed by atoms with E-state index in [-0.39, 0.29) is 0 Å². The van der Waals surface area contributed by atoms with Crippen molar-refractivity contribution in [3.05, 3.63) is 48.3 Å². The Balaban J connectivity index is 1.38. The van der Waals surface area contributed by atoms with Crippen molar-refractivity contribution in [1.82, 2.24) is 24.3 Å². The van der Waals surface area contributed by atoms with Crippen LogP contribution in [-0.2, 0) is 11.3 Å². The van der Waals surface area contributed by atoms with Crippen molar-refractivity contribution in [1.29, 1.82) is 0 Å². The van der Waals surface area contributed by atoms with Gasteiger partial charge in [-0.05, 0) is 56.5 Å². The summed E-state index contributed by atoms with van der Waals surface area (Å²) in [6, 6.07) is 4.09. The number of nitrogens with zero attached hydrogens (tertiary/aromatic N) is 5. The molecule has 2 aliphatic rings. The molecule has 28 heavy (non-hydrogen) atoms. The zero-order valence-corrected chi connectivity index (χ0v) is 16.7. The van der Waals surface area contributed by atoms with Crippen molar-refractivity contribution in [2.24, 2.45) is 0 Å². The van der Waals surface area contributed by atoms with Crippen LogP contribution in [0.5, 0.6) is 0 Å². The van der Waals surface area contributed by atoms with Gasteiger partial charge in [0.15, 0.2) is 0 Å². The Kier molecular flexibility index (Phi) is 6.37. The number of hydrogen-bond donors (Lipinski definition) is 0. The lowest BCUT2D eigenvalue weighted by Gasteiger charge is -2.34. The summed E-state index contributed by atoms with van der Waals surface area (Å²) in [5.74, 6) is 1.71. The van der Waals surface area contributed by atoms with Crippen molar-refractivity contribution in [3.63, 3.8) is 0 Å². The number of carbonyl (C=O) groups excluding carboxylic acids is 1. The highest BCUT2D eigenvalue weighted by molar-refractivity contribution is 5.78. The van der Waals surface area contributed by atoms with Gasteiger partial charge in [-0.25, -0.2) is 4.98 Å². The first-order valence-electron chi connectivity index (χ1n) is 10.7. The zero-order chi connectivity index (χ0) is 19.2. The number of piperidine rings is 1. The lowest BCUT2D eigenvalue weighted by Crippen LogP contribution is -2.45. The number of imidazole rings is 1. The third kappa shape index (κ3) is 4.79. The maximum Gasteiger partial charge on any atom is 0.236 e. The van der Waals surface area contributed by atoms with Gasteiger partial charge in [0.25, 0.3) is 0 Å². The second kappa shape index (κ2) is 9.32. The molecule has 4 heterocycles. The first-order valence-corrected chi connectivity index (χ1v) is 10.7. The van der Waals surface area contributed by atoms with Gasteiger partial charge in [-0.3, -0.25) is 14.7 Å². The van der Waals surface area contributed by atoms with Gasteiger partial charge in [0.2, 0.25) is 5.91 Å². The lowest BCUT2D eigenvalue weighted by molar-refractivity contribution is -0.133. The van der Waals surface area contributed by atoms with Crippen LogP contribution in [0.2, 0.25) is 0 Å². The SMILES string of the molecule is O=C(CN1CCCCCC1)N1CCCC(c2nccn2Cc2ccncc2)C1. The van der Waals surface area contributed by atoms with Crippen molar-refractivity contribution in [3.8, 4) is 0 Å². The monoisotopic (exact) mass is 381 g/mol. The minimum atomic E-state index is 0.291. The molecule has 0 spiro atoms. The van der Waals surface area contributed by atoms with Crippen LogP contribution in [0.3, 0.4) is 0 Å². The molecule has 6 nitrogen and oxygen atoms in total. The van der Waals surface area contributed by atoms with Crippen LogP contribution in [0, 0.1) is 0 Å². The number of aromatic nitrogens is 3. The van der Waals surface area contributed by atoms with E-state index in [1.54, 1.807) is 0 Å². The maximum absolute atomic E-state index is 12.9. The third-order valence-corrected chi connectivity index (χ3v) is 6.05. The topological polar surface area (TPSA) is 54.3 Å². The Morgan fingerprint density at radius 2 is 1.79 bits per heavy atom. The molecular formula is C22H31N5O. The van der Waals surface area contributed by atoms with Crippen LogP contribution in [0.25, 0.3) is 0 Å². The number of likely N-dealkylation sites (tertiary alicyclic amines) is 2. The summed E-state index contributed by atoms with van der Waals surface area (Å²) in [5.41, 5.74) is 1.22. The molecule has 1 atom stereocenters. The Morgan fingerprint density at radius 1 is 1.00 bits per heavy atom. The van der Waals surface area contributed by atoms with Crippen LogP contribution < -0.4 is 0 Å². The number of amides is 1. The van der Waals surface area contributed by atoms with E-state index in [0.717, 1.165) is 51.4 Å². The Bertz CT molecular complexity index is 751. The van der Waals surface area contributed by atoms with Crippen molar-refractivity contribution in [2.45, 2.75) is 51.0 Å². The number of rotatable bonds is 5. The Morgan fingerprint density at radius 3 is 2.57 bits per heavy atom. The summed E-state index contributed by atoms with van der Waals surface area (Å²) in [5, 5.41) is 0. The molecule has 2 aromatic heterocycles. The van der Waals surface area contributed by atoms with Gasteiger partial charge in [0.1, 0.15) is 5.82 Å². The van der Waals surface area contributed by atoms with Gasteiger partial charge in [0, 0.05) is 50.3 Å². The van der Waals surface area contributed by atoms with E-state index in [9.17, 15) is 4.79 Å². The second-order valence-corrected chi connectivity index (χ2v) is 8.14. The first kappa shape index (κ1) is 19.1. The van der Waals surface area contributed by atoms with Crippen molar-refractivity contribution >= 4 is 5.91 Å². The summed E-state index contributed by atoms with van der Waals surface area (Å²) in [6.07, 6.45) is 14.8. The quantitative estimate of drug-likeness (QED) is 0.799. The van der Waals surface area contributed by atoms with E-state index < -0.39 is 0 Å². The molecule has 1 unspecified atom stereocenters. The zero-order valence-electron chi connectivity index (χ0n) is 16.7. The predicted octanol–water partition coefficient (Wildman–Crippen LogP) is 2.91. The lowest BCUT2D eigenvalue weighted by atomic mass is 9.97. The van der Waals surface area contributed by atoms with Gasteiger partial charge >= 0.3 is 0 Å². The summed E-state index contributed by atoms with van der Waals surface area (Å²) in [4.78, 5) is 26.1. The minimum Gasteiger partial charge on any atom is -0.341 e. The maximum atomic E-state index is 12.9. The second-order valence-electron chi connectivity index (χ2n) is 8.14. The summed E-state index contributed by atoms with van der Waals surface area (Å²) in [6.45, 7) is 5.20. The van der Waals surface area contributed by atoms with Crippen molar-refractivity contribution in [2.75, 3.05) is 32.7 Å². The Hall–Kier alpha value is -2.21. The summed E-state index contributed by atoms with van der Waals surface area (Å²) >= 11 is 0. The molecule has 0 saturated carbocycles. The van der Waals surface area contributed by atoms with E-state index in [0.29, 0.717) is 18.4 Å². The van der Waals surface area contributed by atoms with Crippen molar-refractivity contribution < 1.29 is 4.79 Å². The molecule has 0 bridgehead atoms. The number of pyridine rings is 1. The highest BCUT2D eigenvalue weighted by atomic mass is 16.2. The molecule has 4 rings (SSSR count). The summed E-state index contributed by atoms with van der Waals surface area (Å²) < 4.78 is 2.22. The predicted molar refractivity (Wildman–Crippen MR) is 109 cm³/mol. The largest absolute Gasteiger partial charge is 0.341 e. The molecule has 2 aliphatic heterocycles. The van der Waals surface area contributed by atoms with Crippen LogP contribution >= 0.6 is 0 Å². The average molecular weight is 382 g/mol. The van der Waals surface area contributed by atoms with Gasteiger partial charge in [-0.2, -0.15) is 0 Å². The fourth-order valence-corrected chi connectivity index (χ4v) is 4.50. The van der Waals surface area contributed by atoms with E-state index >= 15 is 0 Å². The molecule has 0 aliphatic carbocycles. The fraction of sp³-hybridized carbons (Fsp3) is 0.591. The van der Waals surface area contributed by atoms with Crippen LogP contribution in [0.4, 0.5) is 0 Å². The minimum absolute atomic E-state index is 0.291. The molecular weight excluding hydrogens is 350 g/mol. The molecule has 0 aromatic carbocycles. The van der Waals surface area contributed by atoms with E-state index in [2.05, 4.69) is 24.3 Å². The molecule has 2 saturated heterocycles. The molecule has 2 fully saturated rings. The van der Waals surface area contributed by atoms with Gasteiger partial charge in [-0.1, -0.05) is 12.8 Å².